The van der Waals surface area contributed by atoms with Crippen molar-refractivity contribution in [2.24, 2.45) is 17.8 Å². The fraction of sp³-hybridized carbons (Fsp3) is 0.900. The lowest BCUT2D eigenvalue weighted by Gasteiger charge is -2.35. The third kappa shape index (κ3) is 0.900. The molecule has 4 rings (SSSR count). The molecule has 2 saturated carbocycles. The van der Waals surface area contributed by atoms with Gasteiger partial charge in [0.25, 0.3) is 0 Å². The highest BCUT2D eigenvalue weighted by atomic mass is 16.5. The summed E-state index contributed by atoms with van der Waals surface area (Å²) in [5.74, 6) is 1.98. The van der Waals surface area contributed by atoms with Gasteiger partial charge in [-0.3, -0.25) is 4.79 Å². The summed E-state index contributed by atoms with van der Waals surface area (Å²) in [6, 6.07) is 0. The molecule has 2 saturated heterocycles. The van der Waals surface area contributed by atoms with Crippen LogP contribution in [-0.2, 0) is 9.53 Å². The average molecular weight is 166 g/mol. The predicted molar refractivity (Wildman–Crippen MR) is 43.4 cm³/mol. The van der Waals surface area contributed by atoms with E-state index in [-0.39, 0.29) is 18.0 Å². The molecule has 0 radical (unpaired) electrons. The van der Waals surface area contributed by atoms with E-state index in [0.717, 1.165) is 37.5 Å². The lowest BCUT2D eigenvalue weighted by atomic mass is 9.68. The maximum absolute atomic E-state index is 11.4. The van der Waals surface area contributed by atoms with Gasteiger partial charge < -0.3 is 4.74 Å². The second-order valence-electron chi connectivity index (χ2n) is 4.67. The van der Waals surface area contributed by atoms with E-state index in [1.807, 2.05) is 0 Å². The van der Waals surface area contributed by atoms with Crippen molar-refractivity contribution < 1.29 is 9.53 Å². The van der Waals surface area contributed by atoms with E-state index in [2.05, 4.69) is 0 Å². The largest absolute Gasteiger partial charge is 0.462 e. The molecule has 2 heterocycles. The van der Waals surface area contributed by atoms with Gasteiger partial charge in [-0.25, -0.2) is 0 Å². The lowest BCUT2D eigenvalue weighted by molar-refractivity contribution is -0.151. The Bertz CT molecular complexity index is 210. The molecule has 4 bridgehead atoms. The van der Waals surface area contributed by atoms with Crippen LogP contribution in [0.4, 0.5) is 0 Å². The Kier molecular flexibility index (Phi) is 1.29. The molecule has 3 unspecified atom stereocenters. The highest BCUT2D eigenvalue weighted by Crippen LogP contribution is 2.46. The van der Waals surface area contributed by atoms with Gasteiger partial charge in [-0.2, -0.15) is 0 Å². The summed E-state index contributed by atoms with van der Waals surface area (Å²) < 4.78 is 5.40. The number of ether oxygens (including phenoxy) is 1. The molecule has 4 atom stereocenters. The first-order valence-corrected chi connectivity index (χ1v) is 5.02. The zero-order valence-electron chi connectivity index (χ0n) is 7.16. The zero-order chi connectivity index (χ0) is 8.13. The van der Waals surface area contributed by atoms with Crippen molar-refractivity contribution in [3.8, 4) is 0 Å². The van der Waals surface area contributed by atoms with Crippen LogP contribution < -0.4 is 0 Å². The summed E-state index contributed by atoms with van der Waals surface area (Å²) in [4.78, 5) is 11.4. The summed E-state index contributed by atoms with van der Waals surface area (Å²) in [7, 11) is 0. The normalized spacial score (nSPS) is 50.5. The SMILES string of the molecule is O=C1OC2CC3CC1C[C@H](C3)C2. The van der Waals surface area contributed by atoms with Crippen molar-refractivity contribution in [2.45, 2.75) is 38.2 Å². The van der Waals surface area contributed by atoms with Crippen molar-refractivity contribution in [3.63, 3.8) is 0 Å². The van der Waals surface area contributed by atoms with Gasteiger partial charge >= 0.3 is 5.97 Å². The van der Waals surface area contributed by atoms with Crippen molar-refractivity contribution in [1.29, 1.82) is 0 Å². The van der Waals surface area contributed by atoms with E-state index < -0.39 is 0 Å². The van der Waals surface area contributed by atoms with E-state index in [1.165, 1.54) is 6.42 Å². The van der Waals surface area contributed by atoms with Crippen LogP contribution in [0.25, 0.3) is 0 Å². The van der Waals surface area contributed by atoms with Gasteiger partial charge in [0.15, 0.2) is 0 Å². The molecule has 0 N–H and O–H groups in total. The van der Waals surface area contributed by atoms with Gasteiger partial charge in [-0.05, 0) is 43.9 Å². The molecule has 2 aliphatic carbocycles. The Balaban J connectivity index is 1.95. The molecule has 66 valence electrons. The van der Waals surface area contributed by atoms with E-state index in [1.54, 1.807) is 0 Å². The Hall–Kier alpha value is -0.530. The Morgan fingerprint density at radius 1 is 1.00 bits per heavy atom. The molecule has 2 aliphatic heterocycles. The minimum Gasteiger partial charge on any atom is -0.462 e. The summed E-state index contributed by atoms with van der Waals surface area (Å²) in [5, 5.41) is 0. The number of carbonyl (C=O) groups excluding carboxylic acids is 1. The lowest BCUT2D eigenvalue weighted by Crippen LogP contribution is -2.29. The van der Waals surface area contributed by atoms with Crippen molar-refractivity contribution in [1.82, 2.24) is 0 Å². The van der Waals surface area contributed by atoms with Crippen molar-refractivity contribution >= 4 is 5.97 Å². The molecule has 0 aromatic rings. The minimum atomic E-state index is 0.102. The summed E-state index contributed by atoms with van der Waals surface area (Å²) in [5.41, 5.74) is 0. The van der Waals surface area contributed by atoms with Crippen LogP contribution in [0.3, 0.4) is 0 Å². The zero-order valence-corrected chi connectivity index (χ0v) is 7.16. The highest BCUT2D eigenvalue weighted by molar-refractivity contribution is 5.73. The van der Waals surface area contributed by atoms with Gasteiger partial charge in [-0.15, -0.1) is 0 Å². The number of fused-ring (bicyclic) bond motifs is 1. The van der Waals surface area contributed by atoms with Crippen LogP contribution in [0.2, 0.25) is 0 Å². The maximum Gasteiger partial charge on any atom is 0.309 e. The maximum atomic E-state index is 11.4. The number of hydrogen-bond donors (Lipinski definition) is 0. The van der Waals surface area contributed by atoms with Gasteiger partial charge in [0, 0.05) is 0 Å². The molecule has 0 amide bonds. The molecule has 0 aromatic carbocycles. The van der Waals surface area contributed by atoms with Gasteiger partial charge in [0.2, 0.25) is 0 Å². The van der Waals surface area contributed by atoms with Crippen LogP contribution in [0.1, 0.15) is 32.1 Å². The quantitative estimate of drug-likeness (QED) is 0.512. The van der Waals surface area contributed by atoms with E-state index in [9.17, 15) is 4.79 Å². The second kappa shape index (κ2) is 2.24. The fourth-order valence-corrected chi connectivity index (χ4v) is 3.34. The molecule has 0 spiro atoms. The first kappa shape index (κ1) is 6.93. The topological polar surface area (TPSA) is 26.3 Å². The number of hydrogen-bond acceptors (Lipinski definition) is 2. The smallest absolute Gasteiger partial charge is 0.309 e. The number of rotatable bonds is 0. The van der Waals surface area contributed by atoms with Crippen LogP contribution in [-0.4, -0.2) is 12.1 Å². The standard InChI is InChI=1S/C10H14O2/c11-10-8-2-6-1-7(3-8)5-9(4-6)12-10/h6-9H,1-5H2/t6-,7?,8?,9?/m0/s1. The molecule has 12 heavy (non-hydrogen) atoms. The van der Waals surface area contributed by atoms with Gasteiger partial charge in [0.1, 0.15) is 6.10 Å². The van der Waals surface area contributed by atoms with Crippen LogP contribution >= 0.6 is 0 Å². The van der Waals surface area contributed by atoms with Gasteiger partial charge in [0.05, 0.1) is 5.92 Å². The minimum absolute atomic E-state index is 0.102. The third-order valence-electron chi connectivity index (χ3n) is 3.71. The summed E-state index contributed by atoms with van der Waals surface area (Å²) in [6.07, 6.45) is 6.19. The van der Waals surface area contributed by atoms with Crippen LogP contribution in [0, 0.1) is 17.8 Å². The first-order valence-electron chi connectivity index (χ1n) is 5.02. The third-order valence-corrected chi connectivity index (χ3v) is 3.71. The predicted octanol–water partition coefficient (Wildman–Crippen LogP) is 1.74. The van der Waals surface area contributed by atoms with Crippen molar-refractivity contribution in [3.05, 3.63) is 0 Å². The Labute approximate surface area is 72.3 Å². The summed E-state index contributed by atoms with van der Waals surface area (Å²) >= 11 is 0. The monoisotopic (exact) mass is 166 g/mol. The van der Waals surface area contributed by atoms with E-state index in [0.29, 0.717) is 0 Å². The Morgan fingerprint density at radius 3 is 2.33 bits per heavy atom. The molecule has 0 aromatic heterocycles. The van der Waals surface area contributed by atoms with E-state index >= 15 is 0 Å². The van der Waals surface area contributed by atoms with Crippen molar-refractivity contribution in [2.75, 3.05) is 0 Å². The van der Waals surface area contributed by atoms with Crippen LogP contribution in [0.15, 0.2) is 0 Å². The molecule has 4 aliphatic rings. The number of carbonyl (C=O) groups is 1. The second-order valence-corrected chi connectivity index (χ2v) is 4.67. The van der Waals surface area contributed by atoms with Gasteiger partial charge in [-0.1, -0.05) is 0 Å². The van der Waals surface area contributed by atoms with E-state index in [4.69, 9.17) is 4.74 Å². The molecule has 4 fully saturated rings. The molecular weight excluding hydrogens is 152 g/mol. The van der Waals surface area contributed by atoms with Crippen LogP contribution in [0.5, 0.6) is 0 Å². The average Bonchev–Trinajstić information content (AvgIpc) is 2.16. The first-order chi connectivity index (χ1) is 5.81. The fourth-order valence-electron chi connectivity index (χ4n) is 3.34. The number of esters is 1. The highest BCUT2D eigenvalue weighted by Gasteiger charge is 2.44. The summed E-state index contributed by atoms with van der Waals surface area (Å²) in [6.45, 7) is 0. The molecule has 2 heteroatoms. The molecule has 2 nitrogen and oxygen atoms in total. The molecular formula is C10H14O2. The Morgan fingerprint density at radius 2 is 1.67 bits per heavy atom.